The molecular weight excluding hydrogens is 362 g/mol. The van der Waals surface area contributed by atoms with Crippen LogP contribution in [0.4, 0.5) is 16.2 Å². The molecule has 3 amide bonds. The van der Waals surface area contributed by atoms with Crippen LogP contribution in [0, 0.1) is 0 Å². The van der Waals surface area contributed by atoms with Crippen molar-refractivity contribution >= 4 is 57.3 Å². The fraction of sp³-hybridized carbons (Fsp3) is 0.0625. The van der Waals surface area contributed by atoms with E-state index in [9.17, 15) is 9.59 Å². The molecule has 0 aliphatic carbocycles. The summed E-state index contributed by atoms with van der Waals surface area (Å²) < 4.78 is 1.82. The van der Waals surface area contributed by atoms with Gasteiger partial charge < -0.3 is 16.0 Å². The average Bonchev–Trinajstić information content (AvgIpc) is 3.15. The first-order chi connectivity index (χ1) is 12.1. The Labute approximate surface area is 152 Å². The molecular formula is C16H14ClN5O2S. The van der Waals surface area contributed by atoms with E-state index >= 15 is 0 Å². The highest BCUT2D eigenvalue weighted by molar-refractivity contribution is 7.15. The number of carbonyl (C=O) groups is 2. The van der Waals surface area contributed by atoms with Crippen LogP contribution in [0.3, 0.4) is 0 Å². The smallest absolute Gasteiger partial charge is 0.318 e. The maximum Gasteiger partial charge on any atom is 0.318 e. The van der Waals surface area contributed by atoms with Crippen LogP contribution < -0.4 is 16.0 Å². The summed E-state index contributed by atoms with van der Waals surface area (Å²) in [5, 5.41) is 10.1. The molecule has 25 heavy (non-hydrogen) atoms. The third kappa shape index (κ3) is 3.98. The summed E-state index contributed by atoms with van der Waals surface area (Å²) >= 11 is 7.54. The predicted molar refractivity (Wildman–Crippen MR) is 100 cm³/mol. The van der Waals surface area contributed by atoms with Gasteiger partial charge in [0.15, 0.2) is 10.1 Å². The third-order valence-corrected chi connectivity index (χ3v) is 4.32. The molecule has 0 fully saturated rings. The molecule has 0 radical (unpaired) electrons. The number of benzene rings is 1. The fourth-order valence-electron chi connectivity index (χ4n) is 2.09. The average molecular weight is 376 g/mol. The van der Waals surface area contributed by atoms with Crippen LogP contribution in [0.25, 0.3) is 11.0 Å². The number of fused-ring (bicyclic) bond motifs is 1. The minimum Gasteiger partial charge on any atom is -0.341 e. The summed E-state index contributed by atoms with van der Waals surface area (Å²) in [5.74, 6) is -0.298. The zero-order valence-electron chi connectivity index (χ0n) is 13.1. The van der Waals surface area contributed by atoms with Gasteiger partial charge >= 0.3 is 6.03 Å². The second-order valence-corrected chi connectivity index (χ2v) is 6.18. The Kier molecular flexibility index (Phi) is 5.01. The van der Waals surface area contributed by atoms with Crippen LogP contribution in [-0.4, -0.2) is 28.4 Å². The number of urea groups is 1. The van der Waals surface area contributed by atoms with Crippen LogP contribution in [0.15, 0.2) is 41.9 Å². The Hall–Kier alpha value is -2.84. The fourth-order valence-corrected chi connectivity index (χ4v) is 3.10. The molecule has 3 aromatic rings. The Morgan fingerprint density at radius 3 is 2.56 bits per heavy atom. The number of nitrogens with one attached hydrogen (secondary N) is 3. The first kappa shape index (κ1) is 17.0. The minimum absolute atomic E-state index is 0.298. The Morgan fingerprint density at radius 1 is 1.20 bits per heavy atom. The molecule has 0 atom stereocenters. The molecule has 0 bridgehead atoms. The summed E-state index contributed by atoms with van der Waals surface area (Å²) in [6.45, 7) is 0. The van der Waals surface area contributed by atoms with Crippen molar-refractivity contribution in [2.24, 2.45) is 0 Å². The Morgan fingerprint density at radius 2 is 1.88 bits per heavy atom. The SMILES string of the molecule is CNC(=O)Nc1ccc(NC(=O)/C=C/c2c(Cl)nc3sccn23)cc1. The van der Waals surface area contributed by atoms with E-state index in [1.54, 1.807) is 30.3 Å². The normalized spacial score (nSPS) is 11.0. The van der Waals surface area contributed by atoms with Crippen LogP contribution >= 0.6 is 22.9 Å². The third-order valence-electron chi connectivity index (χ3n) is 3.28. The van der Waals surface area contributed by atoms with E-state index in [0.717, 1.165) is 4.96 Å². The van der Waals surface area contributed by atoms with Crippen molar-refractivity contribution in [3.8, 4) is 0 Å². The van der Waals surface area contributed by atoms with Crippen molar-refractivity contribution in [3.05, 3.63) is 52.8 Å². The Balaban J connectivity index is 1.65. The number of nitrogens with zero attached hydrogens (tertiary/aromatic N) is 2. The predicted octanol–water partition coefficient (Wildman–Crippen LogP) is 3.45. The maximum atomic E-state index is 12.1. The van der Waals surface area contributed by atoms with E-state index < -0.39 is 0 Å². The van der Waals surface area contributed by atoms with E-state index in [1.807, 2.05) is 16.0 Å². The van der Waals surface area contributed by atoms with Gasteiger partial charge in [-0.15, -0.1) is 11.3 Å². The molecule has 0 spiro atoms. The minimum atomic E-state index is -0.308. The van der Waals surface area contributed by atoms with E-state index in [4.69, 9.17) is 11.6 Å². The lowest BCUT2D eigenvalue weighted by Crippen LogP contribution is -2.24. The zero-order chi connectivity index (χ0) is 17.8. The second kappa shape index (κ2) is 7.37. The van der Waals surface area contributed by atoms with E-state index in [1.165, 1.54) is 24.5 Å². The molecule has 2 heterocycles. The topological polar surface area (TPSA) is 87.5 Å². The molecule has 7 nitrogen and oxygen atoms in total. The first-order valence-electron chi connectivity index (χ1n) is 7.26. The summed E-state index contributed by atoms with van der Waals surface area (Å²) in [4.78, 5) is 28.2. The largest absolute Gasteiger partial charge is 0.341 e. The van der Waals surface area contributed by atoms with Crippen molar-refractivity contribution in [2.45, 2.75) is 0 Å². The summed E-state index contributed by atoms with van der Waals surface area (Å²) in [7, 11) is 1.53. The van der Waals surface area contributed by atoms with Crippen molar-refractivity contribution in [1.82, 2.24) is 14.7 Å². The number of anilines is 2. The van der Waals surface area contributed by atoms with E-state index in [0.29, 0.717) is 22.2 Å². The highest BCUT2D eigenvalue weighted by Crippen LogP contribution is 2.22. The van der Waals surface area contributed by atoms with Crippen molar-refractivity contribution < 1.29 is 9.59 Å². The lowest BCUT2D eigenvalue weighted by atomic mass is 10.2. The van der Waals surface area contributed by atoms with Gasteiger partial charge in [0.1, 0.15) is 0 Å². The van der Waals surface area contributed by atoms with E-state index in [-0.39, 0.29) is 11.9 Å². The van der Waals surface area contributed by atoms with Gasteiger partial charge in [-0.2, -0.15) is 0 Å². The molecule has 0 saturated carbocycles. The number of aromatic nitrogens is 2. The molecule has 3 rings (SSSR count). The van der Waals surface area contributed by atoms with Crippen LogP contribution in [-0.2, 0) is 4.79 Å². The molecule has 128 valence electrons. The van der Waals surface area contributed by atoms with Crippen LogP contribution in [0.1, 0.15) is 5.69 Å². The van der Waals surface area contributed by atoms with Gasteiger partial charge in [-0.25, -0.2) is 9.78 Å². The lowest BCUT2D eigenvalue weighted by molar-refractivity contribution is -0.111. The lowest BCUT2D eigenvalue weighted by Gasteiger charge is -2.06. The molecule has 1 aromatic carbocycles. The number of amides is 3. The highest BCUT2D eigenvalue weighted by atomic mass is 35.5. The van der Waals surface area contributed by atoms with Gasteiger partial charge in [-0.1, -0.05) is 11.6 Å². The van der Waals surface area contributed by atoms with Gasteiger partial charge in [-0.05, 0) is 30.3 Å². The number of hydrogen-bond donors (Lipinski definition) is 3. The number of thiazole rings is 1. The first-order valence-corrected chi connectivity index (χ1v) is 8.51. The summed E-state index contributed by atoms with van der Waals surface area (Å²) in [6, 6.07) is 6.46. The molecule has 3 N–H and O–H groups in total. The summed E-state index contributed by atoms with van der Waals surface area (Å²) in [5.41, 5.74) is 1.88. The van der Waals surface area contributed by atoms with Crippen molar-refractivity contribution in [2.75, 3.05) is 17.7 Å². The molecule has 2 aromatic heterocycles. The summed E-state index contributed by atoms with van der Waals surface area (Å²) in [6.07, 6.45) is 4.85. The van der Waals surface area contributed by atoms with Gasteiger partial charge in [0, 0.05) is 36.1 Å². The zero-order valence-corrected chi connectivity index (χ0v) is 14.7. The van der Waals surface area contributed by atoms with Crippen molar-refractivity contribution in [3.63, 3.8) is 0 Å². The van der Waals surface area contributed by atoms with Gasteiger partial charge in [0.05, 0.1) is 5.69 Å². The van der Waals surface area contributed by atoms with Gasteiger partial charge in [-0.3, -0.25) is 9.20 Å². The number of imidazole rings is 1. The highest BCUT2D eigenvalue weighted by Gasteiger charge is 2.09. The maximum absolute atomic E-state index is 12.1. The quantitative estimate of drug-likeness (QED) is 0.610. The molecule has 0 unspecified atom stereocenters. The second-order valence-electron chi connectivity index (χ2n) is 4.95. The van der Waals surface area contributed by atoms with Gasteiger partial charge in [0.25, 0.3) is 0 Å². The van der Waals surface area contributed by atoms with Gasteiger partial charge in [0.2, 0.25) is 5.91 Å². The monoisotopic (exact) mass is 375 g/mol. The number of rotatable bonds is 4. The van der Waals surface area contributed by atoms with Crippen LogP contribution in [0.2, 0.25) is 5.15 Å². The number of carbonyl (C=O) groups excluding carboxylic acids is 2. The number of hydrogen-bond acceptors (Lipinski definition) is 4. The molecule has 0 aliphatic heterocycles. The van der Waals surface area contributed by atoms with Crippen molar-refractivity contribution in [1.29, 1.82) is 0 Å². The standard InChI is InChI=1S/C16H14ClN5O2S/c1-18-15(24)20-11-4-2-10(3-5-11)19-13(23)7-6-12-14(17)21-16-22(12)8-9-25-16/h2-9H,1H3,(H,19,23)(H2,18,20,24)/b7-6+. The molecule has 0 aliphatic rings. The number of halogens is 1. The van der Waals surface area contributed by atoms with E-state index in [2.05, 4.69) is 20.9 Å². The molecule has 9 heteroatoms. The van der Waals surface area contributed by atoms with Crippen LogP contribution in [0.5, 0.6) is 0 Å². The molecule has 0 saturated heterocycles. The Bertz CT molecular complexity index is 945.